The second-order valence-electron chi connectivity index (χ2n) is 6.07. The predicted octanol–water partition coefficient (Wildman–Crippen LogP) is 4.98. The number of aromatic nitrogens is 1. The summed E-state index contributed by atoms with van der Waals surface area (Å²) in [5.41, 5.74) is 0.959. The molecular weight excluding hydrogens is 277 g/mol. The summed E-state index contributed by atoms with van der Waals surface area (Å²) in [6.07, 6.45) is -4.44. The number of fused-ring (bicyclic) bond motifs is 1. The van der Waals surface area contributed by atoms with Crippen molar-refractivity contribution in [2.45, 2.75) is 39.3 Å². The van der Waals surface area contributed by atoms with Crippen LogP contribution in [0.25, 0.3) is 10.9 Å². The van der Waals surface area contributed by atoms with E-state index in [0.717, 1.165) is 17.0 Å². The van der Waals surface area contributed by atoms with E-state index < -0.39 is 11.9 Å². The van der Waals surface area contributed by atoms with Crippen molar-refractivity contribution in [1.29, 1.82) is 0 Å². The largest absolute Gasteiger partial charge is 0.433 e. The van der Waals surface area contributed by atoms with Gasteiger partial charge >= 0.3 is 6.18 Å². The van der Waals surface area contributed by atoms with Gasteiger partial charge in [-0.1, -0.05) is 26.8 Å². The number of hydrogen-bond donors (Lipinski definition) is 1. The maximum absolute atomic E-state index is 12.9. The van der Waals surface area contributed by atoms with Crippen LogP contribution in [-0.4, -0.2) is 11.5 Å². The Morgan fingerprint density at radius 1 is 1.10 bits per heavy atom. The molecule has 5 heteroatoms. The maximum Gasteiger partial charge on any atom is 0.433 e. The topological polar surface area (TPSA) is 24.9 Å². The van der Waals surface area contributed by atoms with Crippen LogP contribution in [0, 0.1) is 0 Å². The van der Waals surface area contributed by atoms with Gasteiger partial charge in [-0.05, 0) is 36.1 Å². The van der Waals surface area contributed by atoms with Crippen molar-refractivity contribution < 1.29 is 13.2 Å². The van der Waals surface area contributed by atoms with Crippen molar-refractivity contribution in [1.82, 2.24) is 4.98 Å². The molecule has 0 saturated heterocycles. The van der Waals surface area contributed by atoms with Gasteiger partial charge in [0, 0.05) is 17.6 Å². The zero-order chi connectivity index (χ0) is 15.8. The van der Waals surface area contributed by atoms with E-state index in [-0.39, 0.29) is 5.41 Å². The highest BCUT2D eigenvalue weighted by Crippen LogP contribution is 2.34. The number of pyridine rings is 1. The fraction of sp³-hybridized carbons (Fsp3) is 0.438. The molecule has 114 valence electrons. The zero-order valence-electron chi connectivity index (χ0n) is 12.6. The molecular formula is C16H19F3N2. The van der Waals surface area contributed by atoms with Crippen molar-refractivity contribution in [2.75, 3.05) is 11.9 Å². The van der Waals surface area contributed by atoms with E-state index in [4.69, 9.17) is 0 Å². The third kappa shape index (κ3) is 3.28. The van der Waals surface area contributed by atoms with Crippen LogP contribution in [-0.2, 0) is 11.6 Å². The molecule has 0 aliphatic heterocycles. The monoisotopic (exact) mass is 296 g/mol. The van der Waals surface area contributed by atoms with Crippen LogP contribution in [0.15, 0.2) is 24.3 Å². The van der Waals surface area contributed by atoms with Crippen LogP contribution >= 0.6 is 0 Å². The SMILES string of the molecule is CCNc1cc(C(F)(F)F)nc2ccc(C(C)(C)C)cc12. The van der Waals surface area contributed by atoms with E-state index >= 15 is 0 Å². The summed E-state index contributed by atoms with van der Waals surface area (Å²) in [6.45, 7) is 8.61. The third-order valence-corrected chi connectivity index (χ3v) is 3.33. The lowest BCUT2D eigenvalue weighted by Gasteiger charge is -2.20. The summed E-state index contributed by atoms with van der Waals surface area (Å²) in [6, 6.07) is 6.50. The van der Waals surface area contributed by atoms with Gasteiger partial charge in [0.1, 0.15) is 5.69 Å². The van der Waals surface area contributed by atoms with Crippen LogP contribution in [0.5, 0.6) is 0 Å². The second-order valence-corrected chi connectivity index (χ2v) is 6.07. The fourth-order valence-electron chi connectivity index (χ4n) is 2.17. The molecule has 1 heterocycles. The molecule has 0 spiro atoms. The minimum Gasteiger partial charge on any atom is -0.385 e. The number of nitrogens with zero attached hydrogens (tertiary/aromatic N) is 1. The van der Waals surface area contributed by atoms with Crippen LogP contribution < -0.4 is 5.32 Å². The Kier molecular flexibility index (Phi) is 3.87. The maximum atomic E-state index is 12.9. The first-order valence-corrected chi connectivity index (χ1v) is 6.89. The number of hydrogen-bond acceptors (Lipinski definition) is 2. The lowest BCUT2D eigenvalue weighted by Crippen LogP contribution is -2.12. The Balaban J connectivity index is 2.70. The fourth-order valence-corrected chi connectivity index (χ4v) is 2.17. The molecule has 2 rings (SSSR count). The summed E-state index contributed by atoms with van der Waals surface area (Å²) < 4.78 is 38.7. The summed E-state index contributed by atoms with van der Waals surface area (Å²) >= 11 is 0. The molecule has 0 amide bonds. The van der Waals surface area contributed by atoms with E-state index in [0.29, 0.717) is 17.7 Å². The Hall–Kier alpha value is -1.78. The molecule has 1 N–H and O–H groups in total. The molecule has 1 aromatic heterocycles. The number of halogens is 3. The van der Waals surface area contributed by atoms with Gasteiger partial charge in [0.25, 0.3) is 0 Å². The summed E-state index contributed by atoms with van der Waals surface area (Å²) in [5.74, 6) is 0. The predicted molar refractivity (Wildman–Crippen MR) is 79.6 cm³/mol. The first-order valence-electron chi connectivity index (χ1n) is 6.89. The normalized spacial score (nSPS) is 12.7. The van der Waals surface area contributed by atoms with E-state index in [1.807, 2.05) is 19.1 Å². The van der Waals surface area contributed by atoms with Crippen molar-refractivity contribution in [3.8, 4) is 0 Å². The summed E-state index contributed by atoms with van der Waals surface area (Å²) in [7, 11) is 0. The van der Waals surface area contributed by atoms with Crippen molar-refractivity contribution >= 4 is 16.6 Å². The third-order valence-electron chi connectivity index (χ3n) is 3.33. The van der Waals surface area contributed by atoms with Gasteiger partial charge in [0.05, 0.1) is 5.52 Å². The second kappa shape index (κ2) is 5.20. The van der Waals surface area contributed by atoms with Gasteiger partial charge in [-0.15, -0.1) is 0 Å². The smallest absolute Gasteiger partial charge is 0.385 e. The molecule has 0 unspecified atom stereocenters. The molecule has 2 aromatic rings. The highest BCUT2D eigenvalue weighted by molar-refractivity contribution is 5.92. The molecule has 0 atom stereocenters. The minimum absolute atomic E-state index is 0.0691. The summed E-state index contributed by atoms with van der Waals surface area (Å²) in [4.78, 5) is 3.75. The average molecular weight is 296 g/mol. The highest BCUT2D eigenvalue weighted by atomic mass is 19.4. The molecule has 0 saturated carbocycles. The van der Waals surface area contributed by atoms with Crippen molar-refractivity contribution in [2.24, 2.45) is 0 Å². The zero-order valence-corrected chi connectivity index (χ0v) is 12.6. The Bertz CT molecular complexity index is 655. The minimum atomic E-state index is -4.44. The van der Waals surface area contributed by atoms with Crippen LogP contribution in [0.2, 0.25) is 0 Å². The molecule has 0 bridgehead atoms. The number of rotatable bonds is 2. The Morgan fingerprint density at radius 3 is 2.29 bits per heavy atom. The molecule has 0 radical (unpaired) electrons. The summed E-state index contributed by atoms with van der Waals surface area (Å²) in [5, 5.41) is 3.72. The van der Waals surface area contributed by atoms with E-state index in [2.05, 4.69) is 31.1 Å². The highest BCUT2D eigenvalue weighted by Gasteiger charge is 2.33. The molecule has 0 aliphatic rings. The molecule has 0 aliphatic carbocycles. The molecule has 1 aromatic carbocycles. The van der Waals surface area contributed by atoms with Gasteiger partial charge in [-0.2, -0.15) is 13.2 Å². The van der Waals surface area contributed by atoms with Crippen LogP contribution in [0.1, 0.15) is 39.0 Å². The Morgan fingerprint density at radius 2 is 1.76 bits per heavy atom. The van der Waals surface area contributed by atoms with Crippen LogP contribution in [0.4, 0.5) is 18.9 Å². The lowest BCUT2D eigenvalue weighted by molar-refractivity contribution is -0.140. The molecule has 21 heavy (non-hydrogen) atoms. The first kappa shape index (κ1) is 15.6. The van der Waals surface area contributed by atoms with E-state index in [1.165, 1.54) is 0 Å². The number of alkyl halides is 3. The van der Waals surface area contributed by atoms with Gasteiger partial charge < -0.3 is 5.32 Å². The average Bonchev–Trinajstić information content (AvgIpc) is 2.36. The molecule has 0 fully saturated rings. The van der Waals surface area contributed by atoms with E-state index in [1.54, 1.807) is 6.07 Å². The number of nitrogens with one attached hydrogen (secondary N) is 1. The van der Waals surface area contributed by atoms with Gasteiger partial charge in [0.15, 0.2) is 0 Å². The quantitative estimate of drug-likeness (QED) is 0.845. The first-order chi connectivity index (χ1) is 9.63. The van der Waals surface area contributed by atoms with Gasteiger partial charge in [-0.25, -0.2) is 4.98 Å². The molecule has 2 nitrogen and oxygen atoms in total. The Labute approximate surface area is 122 Å². The van der Waals surface area contributed by atoms with Gasteiger partial charge in [-0.3, -0.25) is 0 Å². The number of benzene rings is 1. The number of anilines is 1. The van der Waals surface area contributed by atoms with Gasteiger partial charge in [0.2, 0.25) is 0 Å². The van der Waals surface area contributed by atoms with Crippen molar-refractivity contribution in [3.05, 3.63) is 35.5 Å². The van der Waals surface area contributed by atoms with Crippen molar-refractivity contribution in [3.63, 3.8) is 0 Å². The standard InChI is InChI=1S/C16H19F3N2/c1-5-20-13-9-14(16(17,18)19)21-12-7-6-10(8-11(12)13)15(2,3)4/h6-9H,5H2,1-4H3,(H,20,21). The van der Waals surface area contributed by atoms with E-state index in [9.17, 15) is 13.2 Å². The van der Waals surface area contributed by atoms with Crippen LogP contribution in [0.3, 0.4) is 0 Å². The lowest BCUT2D eigenvalue weighted by atomic mass is 9.86.